The van der Waals surface area contributed by atoms with Gasteiger partial charge in [-0.3, -0.25) is 20.3 Å². The van der Waals surface area contributed by atoms with E-state index in [1.807, 2.05) is 6.07 Å². The van der Waals surface area contributed by atoms with Crippen LogP contribution < -0.4 is 10.6 Å². The molecule has 3 aliphatic heterocycles. The van der Waals surface area contributed by atoms with Crippen LogP contribution in [0.25, 0.3) is 0 Å². The number of hydrogen-bond donors (Lipinski definition) is 2. The van der Waals surface area contributed by atoms with Crippen LogP contribution in [0.1, 0.15) is 56.6 Å². The third-order valence-corrected chi connectivity index (χ3v) is 10.2. The van der Waals surface area contributed by atoms with Gasteiger partial charge in [-0.15, -0.1) is 0 Å². The van der Waals surface area contributed by atoms with Gasteiger partial charge in [0.25, 0.3) is 0 Å². The second kappa shape index (κ2) is 12.9. The fourth-order valence-electron chi connectivity index (χ4n) is 7.72. The molecule has 8 nitrogen and oxygen atoms in total. The molecule has 4 aliphatic rings. The van der Waals surface area contributed by atoms with Crippen LogP contribution in [-0.2, 0) is 16.0 Å². The van der Waals surface area contributed by atoms with Gasteiger partial charge in [0, 0.05) is 37.6 Å². The van der Waals surface area contributed by atoms with Crippen LogP contribution in [0, 0.1) is 35.4 Å². The zero-order valence-corrected chi connectivity index (χ0v) is 24.9. The molecule has 224 valence electrons. The first kappa shape index (κ1) is 30.1. The first-order valence-electron chi connectivity index (χ1n) is 15.3. The van der Waals surface area contributed by atoms with Crippen molar-refractivity contribution >= 4 is 5.91 Å². The van der Waals surface area contributed by atoms with Crippen LogP contribution in [0.5, 0.6) is 0 Å². The van der Waals surface area contributed by atoms with E-state index in [2.05, 4.69) is 54.0 Å². The van der Waals surface area contributed by atoms with Crippen molar-refractivity contribution in [1.82, 2.24) is 25.3 Å². The SMILES string of the molecule is C=CC(=O)N1CCN(C2NC(OCC3CCCN3C)NC3C[C@](C)(Cc4cc(F)ccc4C)CCC32)CC1CC#N. The summed E-state index contributed by atoms with van der Waals surface area (Å²) in [5.74, 6) is 0.0772. The predicted octanol–water partition coefficient (Wildman–Crippen LogP) is 3.38. The summed E-state index contributed by atoms with van der Waals surface area (Å²) in [6, 6.07) is 7.93. The maximum atomic E-state index is 14.1. The second-order valence-corrected chi connectivity index (χ2v) is 13.1. The molecule has 0 bridgehead atoms. The van der Waals surface area contributed by atoms with Crippen molar-refractivity contribution in [2.75, 3.05) is 39.8 Å². The fourth-order valence-corrected chi connectivity index (χ4v) is 7.72. The molecule has 0 spiro atoms. The van der Waals surface area contributed by atoms with Gasteiger partial charge in [-0.2, -0.15) is 5.26 Å². The van der Waals surface area contributed by atoms with E-state index in [0.717, 1.165) is 56.3 Å². The lowest BCUT2D eigenvalue weighted by molar-refractivity contribution is -0.136. The van der Waals surface area contributed by atoms with Crippen LogP contribution in [0.15, 0.2) is 30.9 Å². The van der Waals surface area contributed by atoms with Crippen molar-refractivity contribution in [2.45, 2.75) is 89.4 Å². The normalized spacial score (nSPS) is 34.7. The molecule has 2 N–H and O–H groups in total. The van der Waals surface area contributed by atoms with Gasteiger partial charge in [0.05, 0.1) is 31.3 Å². The number of carbonyl (C=O) groups is 1. The quantitative estimate of drug-likeness (QED) is 0.467. The van der Waals surface area contributed by atoms with Crippen LogP contribution in [0.3, 0.4) is 0 Å². The summed E-state index contributed by atoms with van der Waals surface area (Å²) in [6.07, 6.45) is 7.72. The third-order valence-electron chi connectivity index (χ3n) is 10.2. The van der Waals surface area contributed by atoms with Crippen LogP contribution in [0.4, 0.5) is 4.39 Å². The molecule has 7 atom stereocenters. The minimum atomic E-state index is -0.282. The van der Waals surface area contributed by atoms with Crippen LogP contribution in [-0.4, -0.2) is 91.1 Å². The minimum absolute atomic E-state index is 0.0449. The van der Waals surface area contributed by atoms with Crippen molar-refractivity contribution in [3.05, 3.63) is 47.8 Å². The highest BCUT2D eigenvalue weighted by Gasteiger charge is 2.48. The molecule has 1 saturated carbocycles. The number of likely N-dealkylation sites (N-methyl/N-ethyl adjacent to an activating group) is 1. The Morgan fingerprint density at radius 1 is 1.27 bits per heavy atom. The van der Waals surface area contributed by atoms with E-state index in [1.165, 1.54) is 12.5 Å². The summed E-state index contributed by atoms with van der Waals surface area (Å²) in [6.45, 7) is 11.8. The minimum Gasteiger partial charge on any atom is -0.348 e. The highest BCUT2D eigenvalue weighted by atomic mass is 19.1. The number of nitrogens with zero attached hydrogens (tertiary/aromatic N) is 4. The third kappa shape index (κ3) is 6.84. The predicted molar refractivity (Wildman–Crippen MR) is 157 cm³/mol. The van der Waals surface area contributed by atoms with Crippen LogP contribution in [0.2, 0.25) is 0 Å². The van der Waals surface area contributed by atoms with Gasteiger partial charge in [0.1, 0.15) is 5.82 Å². The molecule has 1 aromatic rings. The monoisotopic (exact) mass is 566 g/mol. The number of fused-ring (bicyclic) bond motifs is 1. The van der Waals surface area contributed by atoms with E-state index in [-0.39, 0.29) is 41.7 Å². The number of nitrogens with one attached hydrogen (secondary N) is 2. The molecule has 6 unspecified atom stereocenters. The van der Waals surface area contributed by atoms with Crippen LogP contribution >= 0.6 is 0 Å². The largest absolute Gasteiger partial charge is 0.348 e. The Morgan fingerprint density at radius 2 is 2.10 bits per heavy atom. The summed E-state index contributed by atoms with van der Waals surface area (Å²) in [4.78, 5) is 19.1. The van der Waals surface area contributed by atoms with Gasteiger partial charge in [-0.05, 0) is 93.8 Å². The molecule has 0 aromatic heterocycles. The Kier molecular flexibility index (Phi) is 9.47. The molecule has 41 heavy (non-hydrogen) atoms. The standard InChI is InChI=1S/C32H47FN6O2/c1-5-29(40)39-16-15-38(20-25(39)11-13-34)30-27-10-12-32(3,18-23-17-24(33)9-8-22(23)2)19-28(27)35-31(36-30)41-21-26-7-6-14-37(26)4/h5,8-9,17,25-28,30-31,35-36H,1,6-7,10-12,14-16,18-21H2,2-4H3/t25?,26?,27?,28?,30?,31?,32-/m0/s1. The van der Waals surface area contributed by atoms with Gasteiger partial charge in [-0.25, -0.2) is 4.39 Å². The van der Waals surface area contributed by atoms with Gasteiger partial charge < -0.3 is 14.5 Å². The Bertz CT molecular complexity index is 1140. The number of benzene rings is 1. The number of piperazine rings is 1. The zero-order chi connectivity index (χ0) is 29.1. The molecule has 1 aromatic carbocycles. The first-order valence-corrected chi connectivity index (χ1v) is 15.3. The average Bonchev–Trinajstić information content (AvgIpc) is 3.37. The Morgan fingerprint density at radius 3 is 2.83 bits per heavy atom. The zero-order valence-electron chi connectivity index (χ0n) is 24.9. The van der Waals surface area contributed by atoms with Crippen molar-refractivity contribution in [2.24, 2.45) is 11.3 Å². The van der Waals surface area contributed by atoms with Crippen molar-refractivity contribution in [3.8, 4) is 6.07 Å². The second-order valence-electron chi connectivity index (χ2n) is 13.1. The van der Waals surface area contributed by atoms with E-state index < -0.39 is 0 Å². The number of carbonyl (C=O) groups excluding carboxylic acids is 1. The van der Waals surface area contributed by atoms with E-state index >= 15 is 0 Å². The summed E-state index contributed by atoms with van der Waals surface area (Å²) < 4.78 is 20.6. The topological polar surface area (TPSA) is 83.9 Å². The Balaban J connectivity index is 1.34. The van der Waals surface area contributed by atoms with Gasteiger partial charge >= 0.3 is 0 Å². The van der Waals surface area contributed by atoms with E-state index in [1.54, 1.807) is 17.0 Å². The maximum absolute atomic E-state index is 14.1. The average molecular weight is 567 g/mol. The molecule has 3 heterocycles. The summed E-state index contributed by atoms with van der Waals surface area (Å²) in [5.41, 5.74) is 2.28. The molecule has 4 fully saturated rings. The number of ether oxygens (including phenoxy) is 1. The number of likely N-dealkylation sites (tertiary alicyclic amines) is 1. The highest BCUT2D eigenvalue weighted by Crippen LogP contribution is 2.44. The summed E-state index contributed by atoms with van der Waals surface area (Å²) in [5, 5.41) is 17.1. The lowest BCUT2D eigenvalue weighted by Crippen LogP contribution is -2.72. The number of rotatable bonds is 8. The molecule has 5 rings (SSSR count). The maximum Gasteiger partial charge on any atom is 0.246 e. The lowest BCUT2D eigenvalue weighted by atomic mass is 9.65. The first-order chi connectivity index (χ1) is 19.7. The molecular formula is C32H47FN6O2. The smallest absolute Gasteiger partial charge is 0.246 e. The Labute approximate surface area is 244 Å². The summed E-state index contributed by atoms with van der Waals surface area (Å²) in [7, 11) is 2.17. The van der Waals surface area contributed by atoms with Crippen molar-refractivity contribution in [3.63, 3.8) is 0 Å². The molecule has 3 saturated heterocycles. The fraction of sp³-hybridized carbons (Fsp3) is 0.688. The van der Waals surface area contributed by atoms with E-state index in [9.17, 15) is 14.4 Å². The molecule has 9 heteroatoms. The molecule has 1 aliphatic carbocycles. The number of hydrogen-bond acceptors (Lipinski definition) is 7. The number of aryl methyl sites for hydroxylation is 1. The number of halogens is 1. The van der Waals surface area contributed by atoms with E-state index in [0.29, 0.717) is 38.1 Å². The summed E-state index contributed by atoms with van der Waals surface area (Å²) >= 11 is 0. The molecular weight excluding hydrogens is 519 g/mol. The highest BCUT2D eigenvalue weighted by molar-refractivity contribution is 5.87. The van der Waals surface area contributed by atoms with Gasteiger partial charge in [0.2, 0.25) is 5.91 Å². The van der Waals surface area contributed by atoms with Crippen molar-refractivity contribution < 1.29 is 13.9 Å². The molecule has 1 amide bonds. The van der Waals surface area contributed by atoms with Crippen molar-refractivity contribution in [1.29, 1.82) is 5.26 Å². The number of nitriles is 1. The lowest BCUT2D eigenvalue weighted by Gasteiger charge is -2.55. The number of amides is 1. The van der Waals surface area contributed by atoms with E-state index in [4.69, 9.17) is 4.74 Å². The molecule has 0 radical (unpaired) electrons. The van der Waals surface area contributed by atoms with Gasteiger partial charge in [0.15, 0.2) is 6.35 Å². The Hall–Kier alpha value is -2.35. The van der Waals surface area contributed by atoms with Gasteiger partial charge in [-0.1, -0.05) is 19.6 Å².